The molecule has 0 spiro atoms. The fourth-order valence-electron chi connectivity index (χ4n) is 2.51. The van der Waals surface area contributed by atoms with Crippen molar-refractivity contribution >= 4 is 17.4 Å². The second-order valence-electron chi connectivity index (χ2n) is 5.75. The Bertz CT molecular complexity index is 1100. The van der Waals surface area contributed by atoms with Gasteiger partial charge < -0.3 is 5.32 Å². The number of nitrogens with one attached hydrogen (secondary N) is 1. The highest BCUT2D eigenvalue weighted by molar-refractivity contribution is 5.60. The Balaban J connectivity index is 1.63. The SMILES string of the molecule is Cc1cccnc1-c1cnn2c(Nc3ccc(C(F)(F)F)cc3)nnc2n1. The van der Waals surface area contributed by atoms with Crippen LogP contribution in [0, 0.1) is 6.92 Å². The van der Waals surface area contributed by atoms with Crippen molar-refractivity contribution in [3.8, 4) is 11.4 Å². The average molecular weight is 371 g/mol. The third-order valence-corrected chi connectivity index (χ3v) is 3.86. The van der Waals surface area contributed by atoms with E-state index in [1.165, 1.54) is 22.8 Å². The van der Waals surface area contributed by atoms with E-state index < -0.39 is 11.7 Å². The molecule has 0 unspecified atom stereocenters. The number of pyridine rings is 1. The van der Waals surface area contributed by atoms with Gasteiger partial charge in [0, 0.05) is 11.9 Å². The Labute approximate surface area is 150 Å². The molecule has 0 atom stereocenters. The molecule has 0 aliphatic carbocycles. The number of nitrogens with zero attached hydrogens (tertiary/aromatic N) is 6. The number of hydrogen-bond donors (Lipinski definition) is 1. The van der Waals surface area contributed by atoms with E-state index in [2.05, 4.69) is 30.6 Å². The fraction of sp³-hybridized carbons (Fsp3) is 0.118. The molecule has 0 fully saturated rings. The number of fused-ring (bicyclic) bond motifs is 1. The first-order valence-electron chi connectivity index (χ1n) is 7.86. The summed E-state index contributed by atoms with van der Waals surface area (Å²) in [5.41, 5.74) is 1.87. The maximum Gasteiger partial charge on any atom is 0.416 e. The topological polar surface area (TPSA) is 80.9 Å². The molecule has 0 amide bonds. The summed E-state index contributed by atoms with van der Waals surface area (Å²) >= 11 is 0. The van der Waals surface area contributed by atoms with E-state index in [9.17, 15) is 13.2 Å². The third-order valence-electron chi connectivity index (χ3n) is 3.86. The number of benzene rings is 1. The minimum absolute atomic E-state index is 0.238. The Morgan fingerprint density at radius 1 is 1.04 bits per heavy atom. The molecular formula is C17H12F3N7. The number of anilines is 2. The molecule has 1 aromatic carbocycles. The summed E-state index contributed by atoms with van der Waals surface area (Å²) in [7, 11) is 0. The van der Waals surface area contributed by atoms with Crippen LogP contribution in [-0.4, -0.2) is 29.8 Å². The number of halogens is 3. The lowest BCUT2D eigenvalue weighted by Crippen LogP contribution is -2.05. The summed E-state index contributed by atoms with van der Waals surface area (Å²) in [5.74, 6) is 0.480. The number of aromatic nitrogens is 6. The summed E-state index contributed by atoms with van der Waals surface area (Å²) < 4.78 is 39.3. The van der Waals surface area contributed by atoms with Crippen LogP contribution in [0.15, 0.2) is 48.8 Å². The molecule has 10 heteroatoms. The van der Waals surface area contributed by atoms with Crippen LogP contribution < -0.4 is 5.32 Å². The zero-order valence-electron chi connectivity index (χ0n) is 13.9. The van der Waals surface area contributed by atoms with E-state index in [4.69, 9.17) is 0 Å². The van der Waals surface area contributed by atoms with Crippen molar-refractivity contribution in [2.45, 2.75) is 13.1 Å². The highest BCUT2D eigenvalue weighted by Crippen LogP contribution is 2.30. The molecule has 7 nitrogen and oxygen atoms in total. The van der Waals surface area contributed by atoms with Crippen LogP contribution in [0.1, 0.15) is 11.1 Å². The highest BCUT2D eigenvalue weighted by atomic mass is 19.4. The largest absolute Gasteiger partial charge is 0.416 e. The Morgan fingerprint density at radius 3 is 2.52 bits per heavy atom. The summed E-state index contributed by atoms with van der Waals surface area (Å²) in [5, 5.41) is 15.0. The van der Waals surface area contributed by atoms with Crippen molar-refractivity contribution in [1.29, 1.82) is 0 Å². The van der Waals surface area contributed by atoms with Gasteiger partial charge in [-0.2, -0.15) is 22.8 Å². The van der Waals surface area contributed by atoms with Crippen LogP contribution in [0.4, 0.5) is 24.8 Å². The molecule has 0 saturated carbocycles. The fourth-order valence-corrected chi connectivity index (χ4v) is 2.51. The van der Waals surface area contributed by atoms with Gasteiger partial charge >= 0.3 is 6.18 Å². The van der Waals surface area contributed by atoms with Crippen molar-refractivity contribution in [1.82, 2.24) is 29.8 Å². The second kappa shape index (κ2) is 6.31. The average Bonchev–Trinajstić information content (AvgIpc) is 3.04. The smallest absolute Gasteiger partial charge is 0.323 e. The van der Waals surface area contributed by atoms with Crippen molar-refractivity contribution in [2.24, 2.45) is 0 Å². The Hall–Kier alpha value is -3.56. The van der Waals surface area contributed by atoms with Crippen LogP contribution in [0.2, 0.25) is 0 Å². The number of rotatable bonds is 3. The molecule has 0 saturated heterocycles. The number of alkyl halides is 3. The maximum atomic E-state index is 12.6. The summed E-state index contributed by atoms with van der Waals surface area (Å²) in [4.78, 5) is 8.68. The van der Waals surface area contributed by atoms with Crippen molar-refractivity contribution in [3.05, 3.63) is 59.9 Å². The summed E-state index contributed by atoms with van der Waals surface area (Å²) in [6.07, 6.45) is -1.19. The molecule has 4 rings (SSSR count). The minimum Gasteiger partial charge on any atom is -0.323 e. The lowest BCUT2D eigenvalue weighted by molar-refractivity contribution is -0.137. The maximum absolute atomic E-state index is 12.6. The van der Waals surface area contributed by atoms with Gasteiger partial charge in [-0.3, -0.25) is 4.98 Å². The molecule has 0 bridgehead atoms. The first-order valence-corrected chi connectivity index (χ1v) is 7.86. The first kappa shape index (κ1) is 16.9. The van der Waals surface area contributed by atoms with Gasteiger partial charge in [-0.25, -0.2) is 4.98 Å². The predicted molar refractivity (Wildman–Crippen MR) is 91.3 cm³/mol. The lowest BCUT2D eigenvalue weighted by Gasteiger charge is -2.08. The van der Waals surface area contributed by atoms with Gasteiger partial charge in [0.15, 0.2) is 0 Å². The van der Waals surface area contributed by atoms with E-state index in [1.807, 2.05) is 19.1 Å². The summed E-state index contributed by atoms with van der Waals surface area (Å²) in [6.45, 7) is 1.91. The standard InChI is InChI=1S/C17H12F3N7/c1-10-3-2-8-21-14(10)13-9-22-27-15(25-26-16(27)24-13)23-12-6-4-11(5-7-12)17(18,19)20/h2-9H,1H3,(H,23,25). The van der Waals surface area contributed by atoms with Gasteiger partial charge in [-0.1, -0.05) is 6.07 Å². The van der Waals surface area contributed by atoms with Gasteiger partial charge in [0.1, 0.15) is 5.69 Å². The van der Waals surface area contributed by atoms with Crippen LogP contribution in [0.3, 0.4) is 0 Å². The Morgan fingerprint density at radius 2 is 1.81 bits per heavy atom. The van der Waals surface area contributed by atoms with Crippen LogP contribution in [0.5, 0.6) is 0 Å². The molecule has 4 aromatic rings. The molecule has 0 aliphatic heterocycles. The van der Waals surface area contributed by atoms with Crippen LogP contribution in [0.25, 0.3) is 17.2 Å². The number of hydrogen-bond acceptors (Lipinski definition) is 6. The van der Waals surface area contributed by atoms with E-state index in [-0.39, 0.29) is 11.7 Å². The molecule has 3 heterocycles. The third kappa shape index (κ3) is 3.28. The zero-order valence-corrected chi connectivity index (χ0v) is 13.9. The predicted octanol–water partition coefficient (Wildman–Crippen LogP) is 3.65. The molecule has 0 radical (unpaired) electrons. The second-order valence-corrected chi connectivity index (χ2v) is 5.75. The van der Waals surface area contributed by atoms with Crippen LogP contribution in [-0.2, 0) is 6.18 Å². The van der Waals surface area contributed by atoms with E-state index in [0.717, 1.165) is 17.7 Å². The molecule has 3 aromatic heterocycles. The van der Waals surface area contributed by atoms with Crippen molar-refractivity contribution < 1.29 is 13.2 Å². The molecule has 1 N–H and O–H groups in total. The normalized spacial score (nSPS) is 11.7. The van der Waals surface area contributed by atoms with Gasteiger partial charge in [0.05, 0.1) is 17.5 Å². The van der Waals surface area contributed by atoms with Gasteiger partial charge in [0.2, 0.25) is 0 Å². The monoisotopic (exact) mass is 371 g/mol. The molecular weight excluding hydrogens is 359 g/mol. The zero-order chi connectivity index (χ0) is 19.0. The van der Waals surface area contributed by atoms with Gasteiger partial charge in [-0.05, 0) is 42.8 Å². The molecule has 136 valence electrons. The number of aryl methyl sites for hydroxylation is 1. The minimum atomic E-state index is -4.38. The summed E-state index contributed by atoms with van der Waals surface area (Å²) in [6, 6.07) is 8.33. The lowest BCUT2D eigenvalue weighted by atomic mass is 10.2. The van der Waals surface area contributed by atoms with Crippen molar-refractivity contribution in [2.75, 3.05) is 5.32 Å². The van der Waals surface area contributed by atoms with Crippen molar-refractivity contribution in [3.63, 3.8) is 0 Å². The Kier molecular flexibility index (Phi) is 3.94. The highest BCUT2D eigenvalue weighted by Gasteiger charge is 2.30. The first-order chi connectivity index (χ1) is 12.9. The van der Waals surface area contributed by atoms with Gasteiger partial charge in [-0.15, -0.1) is 10.2 Å². The van der Waals surface area contributed by atoms with Gasteiger partial charge in [0.25, 0.3) is 11.7 Å². The van der Waals surface area contributed by atoms with E-state index >= 15 is 0 Å². The molecule has 0 aliphatic rings. The quantitative estimate of drug-likeness (QED) is 0.592. The van der Waals surface area contributed by atoms with E-state index in [1.54, 1.807) is 6.20 Å². The molecule has 27 heavy (non-hydrogen) atoms. The van der Waals surface area contributed by atoms with Crippen LogP contribution >= 0.6 is 0 Å². The van der Waals surface area contributed by atoms with E-state index in [0.29, 0.717) is 17.1 Å².